The summed E-state index contributed by atoms with van der Waals surface area (Å²) in [6, 6.07) is 11.9. The van der Waals surface area contributed by atoms with E-state index in [1.54, 1.807) is 19.4 Å². The lowest BCUT2D eigenvalue weighted by Gasteiger charge is -2.30. The monoisotopic (exact) mass is 414 g/mol. The number of halogens is 2. The summed E-state index contributed by atoms with van der Waals surface area (Å²) in [7, 11) is 1.65. The van der Waals surface area contributed by atoms with Crippen LogP contribution in [0.25, 0.3) is 10.9 Å². The van der Waals surface area contributed by atoms with Gasteiger partial charge in [-0.25, -0.2) is 8.78 Å². The first kappa shape index (κ1) is 20.7. The van der Waals surface area contributed by atoms with E-state index in [2.05, 4.69) is 10.3 Å². The molecule has 5 nitrogen and oxygen atoms in total. The van der Waals surface area contributed by atoms with Crippen LogP contribution in [0.2, 0.25) is 0 Å². The van der Waals surface area contributed by atoms with Crippen LogP contribution in [0, 0.1) is 11.6 Å². The first-order valence-corrected chi connectivity index (χ1v) is 9.95. The summed E-state index contributed by atoms with van der Waals surface area (Å²) < 4.78 is 44.0. The zero-order valence-electron chi connectivity index (χ0n) is 16.7. The smallest absolute Gasteiger partial charge is 0.163 e. The van der Waals surface area contributed by atoms with Crippen molar-refractivity contribution in [3.63, 3.8) is 0 Å². The molecule has 1 fully saturated rings. The number of aromatic nitrogens is 1. The maximum absolute atomic E-state index is 13.7. The van der Waals surface area contributed by atoms with E-state index in [0.717, 1.165) is 34.7 Å². The van der Waals surface area contributed by atoms with Crippen LogP contribution < -0.4 is 10.1 Å². The number of ether oxygens (including phenoxy) is 3. The number of fused-ring (bicyclic) bond motifs is 1. The van der Waals surface area contributed by atoms with E-state index in [1.807, 2.05) is 24.3 Å². The van der Waals surface area contributed by atoms with Crippen molar-refractivity contribution in [1.29, 1.82) is 0 Å². The molecule has 1 aliphatic rings. The van der Waals surface area contributed by atoms with Gasteiger partial charge in [-0.2, -0.15) is 0 Å². The summed E-state index contributed by atoms with van der Waals surface area (Å²) in [6.07, 6.45) is 2.99. The van der Waals surface area contributed by atoms with Crippen molar-refractivity contribution in [3.8, 4) is 5.75 Å². The van der Waals surface area contributed by atoms with Gasteiger partial charge >= 0.3 is 0 Å². The Kier molecular flexibility index (Phi) is 6.52. The quantitative estimate of drug-likeness (QED) is 0.634. The Balaban J connectivity index is 1.28. The van der Waals surface area contributed by atoms with E-state index in [1.165, 1.54) is 6.07 Å². The van der Waals surface area contributed by atoms with Gasteiger partial charge in [0.15, 0.2) is 17.9 Å². The Morgan fingerprint density at radius 2 is 1.93 bits per heavy atom. The van der Waals surface area contributed by atoms with Gasteiger partial charge in [-0.05, 0) is 42.3 Å². The largest absolute Gasteiger partial charge is 0.497 e. The summed E-state index contributed by atoms with van der Waals surface area (Å²) in [5, 5.41) is 4.22. The molecule has 1 aromatic heterocycles. The third kappa shape index (κ3) is 4.75. The van der Waals surface area contributed by atoms with Crippen molar-refractivity contribution in [2.24, 2.45) is 0 Å². The summed E-state index contributed by atoms with van der Waals surface area (Å²) in [5.74, 6) is -0.862. The molecule has 4 rings (SSSR count). The molecule has 158 valence electrons. The van der Waals surface area contributed by atoms with Crippen molar-refractivity contribution in [2.75, 3.05) is 20.3 Å². The summed E-state index contributed by atoms with van der Waals surface area (Å²) in [4.78, 5) is 4.40. The minimum atomic E-state index is -0.841. The van der Waals surface area contributed by atoms with E-state index in [9.17, 15) is 8.78 Å². The zero-order valence-corrected chi connectivity index (χ0v) is 16.7. The molecule has 0 amide bonds. The number of pyridine rings is 1. The molecule has 0 aliphatic carbocycles. The predicted molar refractivity (Wildman–Crippen MR) is 109 cm³/mol. The van der Waals surface area contributed by atoms with Gasteiger partial charge in [0.1, 0.15) is 5.75 Å². The number of hydrogen-bond donors (Lipinski definition) is 1. The summed E-state index contributed by atoms with van der Waals surface area (Å²) in [6.45, 7) is 1.12. The predicted octanol–water partition coefficient (Wildman–Crippen LogP) is 3.99. The maximum atomic E-state index is 13.7. The lowest BCUT2D eigenvalue weighted by Crippen LogP contribution is -2.44. The molecule has 1 aliphatic heterocycles. The Bertz CT molecular complexity index is 1010. The lowest BCUT2D eigenvalue weighted by atomic mass is 10.0. The average molecular weight is 414 g/mol. The second-order valence-electron chi connectivity index (χ2n) is 7.28. The van der Waals surface area contributed by atoms with Crippen molar-refractivity contribution in [1.82, 2.24) is 10.3 Å². The van der Waals surface area contributed by atoms with Gasteiger partial charge in [0.25, 0.3) is 0 Å². The topological polar surface area (TPSA) is 52.6 Å². The van der Waals surface area contributed by atoms with Crippen LogP contribution in [-0.2, 0) is 22.4 Å². The van der Waals surface area contributed by atoms with Crippen LogP contribution >= 0.6 is 0 Å². The highest BCUT2D eigenvalue weighted by atomic mass is 19.2. The highest BCUT2D eigenvalue weighted by Crippen LogP contribution is 2.24. The van der Waals surface area contributed by atoms with Crippen LogP contribution in [0.1, 0.15) is 17.5 Å². The van der Waals surface area contributed by atoms with Crippen molar-refractivity contribution < 1.29 is 23.0 Å². The number of nitrogens with one attached hydrogen (secondary N) is 1. The average Bonchev–Trinajstić information content (AvgIpc) is 2.79. The van der Waals surface area contributed by atoms with Gasteiger partial charge in [0, 0.05) is 30.1 Å². The SMILES string of the molecule is COc1ccc2nccc(CC[C@H]3OC[C@H](NCc4cccc(F)c4F)CO3)c2c1. The van der Waals surface area contributed by atoms with Gasteiger partial charge in [-0.15, -0.1) is 0 Å². The minimum absolute atomic E-state index is 0.0741. The van der Waals surface area contributed by atoms with E-state index in [0.29, 0.717) is 19.6 Å². The molecule has 0 radical (unpaired) electrons. The highest BCUT2D eigenvalue weighted by molar-refractivity contribution is 5.83. The molecule has 1 N–H and O–H groups in total. The van der Waals surface area contributed by atoms with E-state index < -0.39 is 11.6 Å². The fraction of sp³-hybridized carbons (Fsp3) is 0.348. The molecule has 7 heteroatoms. The maximum Gasteiger partial charge on any atom is 0.163 e. The Labute approximate surface area is 174 Å². The number of methoxy groups -OCH3 is 1. The van der Waals surface area contributed by atoms with E-state index in [-0.39, 0.29) is 24.4 Å². The molecule has 0 saturated carbocycles. The van der Waals surface area contributed by atoms with Crippen LogP contribution in [0.15, 0.2) is 48.7 Å². The van der Waals surface area contributed by atoms with Gasteiger partial charge in [-0.1, -0.05) is 12.1 Å². The minimum Gasteiger partial charge on any atom is -0.497 e. The van der Waals surface area contributed by atoms with Crippen molar-refractivity contribution in [2.45, 2.75) is 31.7 Å². The van der Waals surface area contributed by atoms with E-state index >= 15 is 0 Å². The van der Waals surface area contributed by atoms with Crippen molar-refractivity contribution >= 4 is 10.9 Å². The Hall–Kier alpha value is -2.61. The van der Waals surface area contributed by atoms with Gasteiger partial charge in [0.05, 0.1) is 31.9 Å². The second-order valence-corrected chi connectivity index (χ2v) is 7.28. The van der Waals surface area contributed by atoms with Crippen LogP contribution in [-0.4, -0.2) is 37.6 Å². The van der Waals surface area contributed by atoms with Gasteiger partial charge in [0.2, 0.25) is 0 Å². The first-order chi connectivity index (χ1) is 14.6. The number of benzene rings is 2. The molecular weight excluding hydrogens is 390 g/mol. The second kappa shape index (κ2) is 9.47. The van der Waals surface area contributed by atoms with E-state index in [4.69, 9.17) is 14.2 Å². The molecular formula is C23H24F2N2O3. The molecule has 0 unspecified atom stereocenters. The molecule has 0 bridgehead atoms. The molecule has 2 aromatic carbocycles. The fourth-order valence-corrected chi connectivity index (χ4v) is 3.57. The van der Waals surface area contributed by atoms with Gasteiger partial charge in [-0.3, -0.25) is 4.98 Å². The van der Waals surface area contributed by atoms with Gasteiger partial charge < -0.3 is 19.5 Å². The van der Waals surface area contributed by atoms with Crippen LogP contribution in [0.4, 0.5) is 8.78 Å². The highest BCUT2D eigenvalue weighted by Gasteiger charge is 2.22. The number of rotatable bonds is 7. The van der Waals surface area contributed by atoms with Crippen LogP contribution in [0.5, 0.6) is 5.75 Å². The number of nitrogens with zero attached hydrogens (tertiary/aromatic N) is 1. The molecule has 30 heavy (non-hydrogen) atoms. The summed E-state index contributed by atoms with van der Waals surface area (Å²) in [5.41, 5.74) is 2.37. The Morgan fingerprint density at radius 1 is 1.10 bits per heavy atom. The van der Waals surface area contributed by atoms with Crippen molar-refractivity contribution in [3.05, 3.63) is 71.4 Å². The van der Waals surface area contributed by atoms with Crippen LogP contribution in [0.3, 0.4) is 0 Å². The number of aryl methyl sites for hydroxylation is 1. The summed E-state index contributed by atoms with van der Waals surface area (Å²) >= 11 is 0. The Morgan fingerprint density at radius 3 is 2.73 bits per heavy atom. The first-order valence-electron chi connectivity index (χ1n) is 9.95. The molecule has 0 atom stereocenters. The third-order valence-electron chi connectivity index (χ3n) is 5.27. The lowest BCUT2D eigenvalue weighted by molar-refractivity contribution is -0.192. The zero-order chi connectivity index (χ0) is 20.9. The molecule has 3 aromatic rings. The molecule has 0 spiro atoms. The standard InChI is InChI=1S/C23H24F2N2O3/c1-28-18-6-7-21-19(11-18)15(9-10-26-21)5-8-22-29-13-17(14-30-22)27-12-16-3-2-4-20(24)23(16)25/h2-4,6-7,9-11,17,22,27H,5,8,12-14H2,1H3/t17-,22-. The third-order valence-corrected chi connectivity index (χ3v) is 5.27. The molecule has 1 saturated heterocycles. The number of hydrogen-bond acceptors (Lipinski definition) is 5. The fourth-order valence-electron chi connectivity index (χ4n) is 3.57. The normalized spacial score (nSPS) is 19.2. The molecule has 2 heterocycles.